The van der Waals surface area contributed by atoms with Gasteiger partial charge in [-0.15, -0.1) is 0 Å². The first-order valence-corrected chi connectivity index (χ1v) is 5.45. The summed E-state index contributed by atoms with van der Waals surface area (Å²) in [5.41, 5.74) is -3.51. The predicted octanol–water partition coefficient (Wildman–Crippen LogP) is 4.99. The average molecular weight is 242 g/mol. The van der Waals surface area contributed by atoms with Gasteiger partial charge in [0.05, 0.1) is 0 Å². The molecule has 16 heavy (non-hydrogen) atoms. The van der Waals surface area contributed by atoms with Gasteiger partial charge >= 0.3 is 11.8 Å². The fourth-order valence-corrected chi connectivity index (χ4v) is 1.24. The van der Waals surface area contributed by atoms with Crippen LogP contribution in [0.4, 0.5) is 17.6 Å². The van der Waals surface area contributed by atoms with Crippen LogP contribution in [0.25, 0.3) is 0 Å². The summed E-state index contributed by atoms with van der Waals surface area (Å²) in [7, 11) is 0. The molecule has 0 aliphatic carbocycles. The molecule has 0 amide bonds. The van der Waals surface area contributed by atoms with Gasteiger partial charge in [0.25, 0.3) is 0 Å². The highest BCUT2D eigenvalue weighted by molar-refractivity contribution is 5.02. The number of rotatable bonds is 3. The lowest BCUT2D eigenvalue weighted by atomic mass is 9.68. The van der Waals surface area contributed by atoms with E-state index in [9.17, 15) is 17.6 Å². The lowest BCUT2D eigenvalue weighted by Crippen LogP contribution is -2.59. The zero-order chi connectivity index (χ0) is 13.6. The largest absolute Gasteiger partial charge is 0.315 e. The van der Waals surface area contributed by atoms with Gasteiger partial charge in [-0.05, 0) is 5.92 Å². The molecule has 0 heterocycles. The molecule has 0 fully saturated rings. The van der Waals surface area contributed by atoms with Gasteiger partial charge < -0.3 is 0 Å². The van der Waals surface area contributed by atoms with Crippen LogP contribution in [0.1, 0.15) is 48.5 Å². The Balaban J connectivity index is 5.53. The predicted molar refractivity (Wildman–Crippen MR) is 58.0 cm³/mol. The first-order chi connectivity index (χ1) is 6.69. The maximum Gasteiger partial charge on any atom is 0.315 e. The molecule has 0 radical (unpaired) electrons. The summed E-state index contributed by atoms with van der Waals surface area (Å²) >= 11 is 0. The molecule has 0 aliphatic heterocycles. The summed E-state index contributed by atoms with van der Waals surface area (Å²) in [6, 6.07) is 0. The second kappa shape index (κ2) is 3.88. The zero-order valence-corrected chi connectivity index (χ0v) is 11.1. The molecule has 98 valence electrons. The molecule has 0 N–H and O–H groups in total. The molecule has 0 spiro atoms. The van der Waals surface area contributed by atoms with E-state index in [0.717, 1.165) is 20.8 Å². The summed E-state index contributed by atoms with van der Waals surface area (Å²) in [5.74, 6) is -8.60. The number of halogens is 4. The highest BCUT2D eigenvalue weighted by Gasteiger charge is 2.69. The van der Waals surface area contributed by atoms with Crippen LogP contribution in [0.2, 0.25) is 0 Å². The van der Waals surface area contributed by atoms with Crippen molar-refractivity contribution in [3.8, 4) is 0 Å². The fourth-order valence-electron chi connectivity index (χ4n) is 1.24. The van der Waals surface area contributed by atoms with E-state index in [1.807, 2.05) is 0 Å². The second-order valence-corrected chi connectivity index (χ2v) is 6.28. The Morgan fingerprint density at radius 2 is 1.00 bits per heavy atom. The minimum absolute atomic E-state index is 0.532. The molecule has 0 rings (SSSR count). The van der Waals surface area contributed by atoms with Crippen LogP contribution in [0.3, 0.4) is 0 Å². The molecule has 0 bridgehead atoms. The van der Waals surface area contributed by atoms with E-state index in [1.165, 1.54) is 27.7 Å². The van der Waals surface area contributed by atoms with Gasteiger partial charge in [0.1, 0.15) is 0 Å². The van der Waals surface area contributed by atoms with Gasteiger partial charge in [-0.1, -0.05) is 48.5 Å². The van der Waals surface area contributed by atoms with Crippen LogP contribution in [0.5, 0.6) is 0 Å². The standard InChI is InChI=1S/C12H22F4/c1-8(2)10(6,7)12(15,16)11(13,14)9(3,4)5/h8H,1-7H3. The van der Waals surface area contributed by atoms with Crippen LogP contribution < -0.4 is 0 Å². The molecule has 0 saturated carbocycles. The molecule has 0 aromatic heterocycles. The Kier molecular flexibility index (Phi) is 3.81. The zero-order valence-electron chi connectivity index (χ0n) is 11.1. The SMILES string of the molecule is CC(C)C(C)(C)C(F)(F)C(F)(F)C(C)(C)C. The summed E-state index contributed by atoms with van der Waals surface area (Å²) < 4.78 is 55.6. The maximum atomic E-state index is 14.0. The quantitative estimate of drug-likeness (QED) is 0.612. The van der Waals surface area contributed by atoms with Gasteiger partial charge in [-0.3, -0.25) is 0 Å². The van der Waals surface area contributed by atoms with Crippen molar-refractivity contribution in [2.75, 3.05) is 0 Å². The normalized spacial score (nSPS) is 15.8. The number of hydrogen-bond acceptors (Lipinski definition) is 0. The minimum Gasteiger partial charge on any atom is -0.199 e. The van der Waals surface area contributed by atoms with Gasteiger partial charge in [-0.2, -0.15) is 17.6 Å². The van der Waals surface area contributed by atoms with Crippen molar-refractivity contribution in [2.24, 2.45) is 16.7 Å². The number of hydrogen-bond donors (Lipinski definition) is 0. The topological polar surface area (TPSA) is 0 Å². The van der Waals surface area contributed by atoms with Crippen LogP contribution in [-0.4, -0.2) is 11.8 Å². The van der Waals surface area contributed by atoms with E-state index in [4.69, 9.17) is 0 Å². The smallest absolute Gasteiger partial charge is 0.199 e. The van der Waals surface area contributed by atoms with E-state index in [-0.39, 0.29) is 0 Å². The Hall–Kier alpha value is -0.280. The number of alkyl halides is 4. The van der Waals surface area contributed by atoms with Crippen molar-refractivity contribution in [3.05, 3.63) is 0 Å². The third kappa shape index (κ3) is 2.07. The first-order valence-electron chi connectivity index (χ1n) is 5.45. The lowest BCUT2D eigenvalue weighted by Gasteiger charge is -2.46. The Morgan fingerprint density at radius 1 is 0.688 bits per heavy atom. The molecule has 0 atom stereocenters. The van der Waals surface area contributed by atoms with Gasteiger partial charge in [-0.25, -0.2) is 0 Å². The highest BCUT2D eigenvalue weighted by Crippen LogP contribution is 2.56. The molecule has 0 aromatic carbocycles. The summed E-state index contributed by atoms with van der Waals surface area (Å²) in [4.78, 5) is 0. The minimum atomic E-state index is -4.04. The van der Waals surface area contributed by atoms with Crippen LogP contribution in [-0.2, 0) is 0 Å². The summed E-state index contributed by atoms with van der Waals surface area (Å²) in [6.45, 7) is 8.86. The van der Waals surface area contributed by atoms with E-state index in [1.54, 1.807) is 0 Å². The lowest BCUT2D eigenvalue weighted by molar-refractivity contribution is -0.306. The van der Waals surface area contributed by atoms with Crippen LogP contribution in [0, 0.1) is 16.7 Å². The van der Waals surface area contributed by atoms with Crippen LogP contribution in [0.15, 0.2) is 0 Å². The maximum absolute atomic E-state index is 14.0. The van der Waals surface area contributed by atoms with Crippen molar-refractivity contribution >= 4 is 0 Å². The highest BCUT2D eigenvalue weighted by atomic mass is 19.3. The van der Waals surface area contributed by atoms with Gasteiger partial charge in [0, 0.05) is 10.8 Å². The van der Waals surface area contributed by atoms with E-state index in [0.29, 0.717) is 0 Å². The molecule has 4 heteroatoms. The molecule has 0 unspecified atom stereocenters. The van der Waals surface area contributed by atoms with Crippen molar-refractivity contribution in [1.29, 1.82) is 0 Å². The van der Waals surface area contributed by atoms with Crippen molar-refractivity contribution in [3.63, 3.8) is 0 Å². The molecule has 0 aliphatic rings. The summed E-state index contributed by atoms with van der Waals surface area (Å²) in [5, 5.41) is 0. The van der Waals surface area contributed by atoms with Gasteiger partial charge in [0.15, 0.2) is 0 Å². The molecule has 0 aromatic rings. The first kappa shape index (κ1) is 15.7. The van der Waals surface area contributed by atoms with Gasteiger partial charge in [0.2, 0.25) is 0 Å². The van der Waals surface area contributed by atoms with E-state index < -0.39 is 28.6 Å². The molecule has 0 nitrogen and oxygen atoms in total. The Labute approximate surface area is 95.4 Å². The Morgan fingerprint density at radius 3 is 1.19 bits per heavy atom. The molecular weight excluding hydrogens is 220 g/mol. The van der Waals surface area contributed by atoms with Crippen molar-refractivity contribution in [2.45, 2.75) is 60.3 Å². The summed E-state index contributed by atoms with van der Waals surface area (Å²) in [6.07, 6.45) is 0. The van der Waals surface area contributed by atoms with Crippen molar-refractivity contribution in [1.82, 2.24) is 0 Å². The second-order valence-electron chi connectivity index (χ2n) is 6.28. The third-order valence-electron chi connectivity index (χ3n) is 3.59. The average Bonchev–Trinajstić information content (AvgIpc) is 2.00. The fraction of sp³-hybridized carbons (Fsp3) is 1.00. The van der Waals surface area contributed by atoms with Crippen LogP contribution >= 0.6 is 0 Å². The van der Waals surface area contributed by atoms with E-state index >= 15 is 0 Å². The van der Waals surface area contributed by atoms with Crippen molar-refractivity contribution < 1.29 is 17.6 Å². The molecule has 0 saturated heterocycles. The monoisotopic (exact) mass is 242 g/mol. The Bertz CT molecular complexity index is 246. The van der Waals surface area contributed by atoms with E-state index in [2.05, 4.69) is 0 Å². The third-order valence-corrected chi connectivity index (χ3v) is 3.59. The molecular formula is C12H22F4.